The van der Waals surface area contributed by atoms with Gasteiger partial charge in [0.2, 0.25) is 5.88 Å². The maximum absolute atomic E-state index is 5.72. The van der Waals surface area contributed by atoms with Gasteiger partial charge in [-0.05, 0) is 18.6 Å². The molecule has 0 saturated heterocycles. The Morgan fingerprint density at radius 1 is 1.25 bits per heavy atom. The van der Waals surface area contributed by atoms with Gasteiger partial charge in [0.1, 0.15) is 13.6 Å². The van der Waals surface area contributed by atoms with E-state index in [1.54, 1.807) is 24.5 Å². The number of aromatic nitrogens is 2. The van der Waals surface area contributed by atoms with Crippen molar-refractivity contribution in [2.24, 2.45) is 0 Å². The number of nitrogens with zero attached hydrogens (tertiary/aromatic N) is 2. The average molecular weight is 230 g/mol. The lowest BCUT2D eigenvalue weighted by atomic mass is 9.93. The van der Waals surface area contributed by atoms with E-state index in [1.165, 1.54) is 6.20 Å². The minimum Gasteiger partial charge on any atom is -0.437 e. The summed E-state index contributed by atoms with van der Waals surface area (Å²) in [7, 11) is 5.71. The fraction of sp³-hybridized carbons (Fsp3) is 0.0909. The van der Waals surface area contributed by atoms with Gasteiger partial charge in [0.15, 0.2) is 0 Å². The largest absolute Gasteiger partial charge is 0.437 e. The van der Waals surface area contributed by atoms with Gasteiger partial charge in [-0.2, -0.15) is 0 Å². The minimum absolute atomic E-state index is 0.458. The molecule has 2 aromatic rings. The summed E-state index contributed by atoms with van der Waals surface area (Å²) in [6, 6.07) is 3.39. The van der Waals surface area contributed by atoms with E-state index >= 15 is 0 Å². The molecule has 0 bridgehead atoms. The molecule has 2 aromatic heterocycles. The molecule has 0 unspecified atom stereocenters. The molecule has 0 amide bonds. The van der Waals surface area contributed by atoms with E-state index in [-0.39, 0.29) is 0 Å². The first-order valence-electron chi connectivity index (χ1n) is 4.66. The third-order valence-corrected chi connectivity index (χ3v) is 2.35. The maximum Gasteiger partial charge on any atom is 0.219 e. The monoisotopic (exact) mass is 230 g/mol. The van der Waals surface area contributed by atoms with Crippen molar-refractivity contribution < 1.29 is 4.74 Å². The van der Waals surface area contributed by atoms with Crippen LogP contribution in [0.15, 0.2) is 30.7 Å². The standard InChI is InChI=1S/C11H8BClN2O/c1-7-9(12)5-14-6-10(7)16-11-3-2-8(13)4-15-11/h2-6H,1H3. The number of rotatable bonds is 2. The van der Waals surface area contributed by atoms with E-state index in [4.69, 9.17) is 24.2 Å². The lowest BCUT2D eigenvalue weighted by Gasteiger charge is -2.08. The van der Waals surface area contributed by atoms with Crippen LogP contribution >= 0.6 is 11.6 Å². The molecule has 0 fully saturated rings. The van der Waals surface area contributed by atoms with Crippen molar-refractivity contribution in [2.75, 3.05) is 0 Å². The fourth-order valence-electron chi connectivity index (χ4n) is 1.16. The Morgan fingerprint density at radius 3 is 2.75 bits per heavy atom. The first-order valence-corrected chi connectivity index (χ1v) is 5.04. The molecule has 78 valence electrons. The molecule has 2 radical (unpaired) electrons. The van der Waals surface area contributed by atoms with E-state index in [1.807, 2.05) is 6.92 Å². The molecule has 0 aliphatic carbocycles. The molecule has 0 aromatic carbocycles. The second kappa shape index (κ2) is 4.53. The Hall–Kier alpha value is -1.55. The van der Waals surface area contributed by atoms with Crippen LogP contribution in [0.4, 0.5) is 0 Å². The molecule has 0 spiro atoms. The topological polar surface area (TPSA) is 35.0 Å². The number of hydrogen-bond acceptors (Lipinski definition) is 3. The Kier molecular flexibility index (Phi) is 3.10. The summed E-state index contributed by atoms with van der Waals surface area (Å²) >= 11 is 5.72. The molecule has 0 saturated carbocycles. The lowest BCUT2D eigenvalue weighted by Crippen LogP contribution is -2.09. The van der Waals surface area contributed by atoms with Crippen molar-refractivity contribution in [3.05, 3.63) is 41.3 Å². The van der Waals surface area contributed by atoms with Crippen molar-refractivity contribution >= 4 is 24.9 Å². The van der Waals surface area contributed by atoms with Crippen LogP contribution < -0.4 is 10.2 Å². The van der Waals surface area contributed by atoms with Gasteiger partial charge in [-0.25, -0.2) is 4.98 Å². The smallest absolute Gasteiger partial charge is 0.219 e. The molecule has 0 aliphatic heterocycles. The highest BCUT2D eigenvalue weighted by atomic mass is 35.5. The van der Waals surface area contributed by atoms with E-state index in [2.05, 4.69) is 9.97 Å². The van der Waals surface area contributed by atoms with Crippen molar-refractivity contribution in [3.63, 3.8) is 0 Å². The van der Waals surface area contributed by atoms with Crippen LogP contribution in [0.25, 0.3) is 0 Å². The number of ether oxygens (including phenoxy) is 1. The average Bonchev–Trinajstić information content (AvgIpc) is 2.28. The fourth-order valence-corrected chi connectivity index (χ4v) is 1.27. The molecular formula is C11H8BClN2O. The summed E-state index contributed by atoms with van der Waals surface area (Å²) in [6.07, 6.45) is 4.70. The highest BCUT2D eigenvalue weighted by Gasteiger charge is 2.04. The maximum atomic E-state index is 5.72. The number of halogens is 1. The van der Waals surface area contributed by atoms with Gasteiger partial charge < -0.3 is 4.74 Å². The summed E-state index contributed by atoms with van der Waals surface area (Å²) in [5, 5.41) is 0.565. The third kappa shape index (κ3) is 2.34. The highest BCUT2D eigenvalue weighted by molar-refractivity contribution is 6.33. The van der Waals surface area contributed by atoms with Crippen molar-refractivity contribution in [1.82, 2.24) is 9.97 Å². The van der Waals surface area contributed by atoms with Crippen LogP contribution in [0.5, 0.6) is 11.6 Å². The lowest BCUT2D eigenvalue weighted by molar-refractivity contribution is 0.458. The molecule has 0 N–H and O–H groups in total. The van der Waals surface area contributed by atoms with E-state index < -0.39 is 0 Å². The first kappa shape index (κ1) is 11.0. The van der Waals surface area contributed by atoms with Gasteiger partial charge in [0, 0.05) is 18.5 Å². The SMILES string of the molecule is [B]c1cncc(Oc2ccc(Cl)cn2)c1C. The van der Waals surface area contributed by atoms with Gasteiger partial charge in [-0.15, -0.1) is 0 Å². The van der Waals surface area contributed by atoms with Gasteiger partial charge in [0.25, 0.3) is 0 Å². The minimum atomic E-state index is 0.458. The summed E-state index contributed by atoms with van der Waals surface area (Å²) in [6.45, 7) is 1.86. The van der Waals surface area contributed by atoms with Crippen LogP contribution in [0.2, 0.25) is 5.02 Å². The number of pyridine rings is 2. The molecule has 0 atom stereocenters. The second-order valence-corrected chi connectivity index (χ2v) is 3.71. The number of hydrogen-bond donors (Lipinski definition) is 0. The van der Waals surface area contributed by atoms with Gasteiger partial charge >= 0.3 is 0 Å². The van der Waals surface area contributed by atoms with Gasteiger partial charge in [0.05, 0.1) is 11.2 Å². The Labute approximate surface area is 99.9 Å². The quantitative estimate of drug-likeness (QED) is 0.741. The molecular weight excluding hydrogens is 222 g/mol. The highest BCUT2D eigenvalue weighted by Crippen LogP contribution is 2.21. The van der Waals surface area contributed by atoms with Crippen LogP contribution in [0, 0.1) is 6.92 Å². The van der Waals surface area contributed by atoms with Crippen LogP contribution in [0.1, 0.15) is 5.56 Å². The van der Waals surface area contributed by atoms with Crippen LogP contribution in [0.3, 0.4) is 0 Å². The molecule has 0 aliphatic rings. The van der Waals surface area contributed by atoms with Gasteiger partial charge in [-0.1, -0.05) is 17.1 Å². The van der Waals surface area contributed by atoms with E-state index in [0.717, 1.165) is 5.56 Å². The third-order valence-electron chi connectivity index (χ3n) is 2.12. The predicted molar refractivity (Wildman–Crippen MR) is 63.7 cm³/mol. The molecule has 2 rings (SSSR count). The van der Waals surface area contributed by atoms with Crippen molar-refractivity contribution in [1.29, 1.82) is 0 Å². The molecule has 16 heavy (non-hydrogen) atoms. The second-order valence-electron chi connectivity index (χ2n) is 3.27. The zero-order valence-corrected chi connectivity index (χ0v) is 9.40. The van der Waals surface area contributed by atoms with Crippen LogP contribution in [-0.2, 0) is 0 Å². The van der Waals surface area contributed by atoms with Crippen LogP contribution in [-0.4, -0.2) is 17.8 Å². The summed E-state index contributed by atoms with van der Waals surface area (Å²) < 4.78 is 5.53. The molecule has 2 heterocycles. The molecule has 3 nitrogen and oxygen atoms in total. The first-order chi connectivity index (χ1) is 7.66. The Morgan fingerprint density at radius 2 is 2.06 bits per heavy atom. The molecule has 5 heteroatoms. The zero-order valence-electron chi connectivity index (χ0n) is 8.64. The van der Waals surface area contributed by atoms with Gasteiger partial charge in [-0.3, -0.25) is 4.98 Å². The zero-order chi connectivity index (χ0) is 11.5. The van der Waals surface area contributed by atoms with Crippen molar-refractivity contribution in [3.8, 4) is 11.6 Å². The summed E-state index contributed by atoms with van der Waals surface area (Å²) in [5.41, 5.74) is 1.43. The summed E-state index contributed by atoms with van der Waals surface area (Å²) in [5.74, 6) is 1.05. The van der Waals surface area contributed by atoms with E-state index in [9.17, 15) is 0 Å². The van der Waals surface area contributed by atoms with Crippen molar-refractivity contribution in [2.45, 2.75) is 6.92 Å². The summed E-state index contributed by atoms with van der Waals surface area (Å²) in [4.78, 5) is 7.98. The van der Waals surface area contributed by atoms with E-state index in [0.29, 0.717) is 22.1 Å². The normalized spacial score (nSPS) is 10.1. The predicted octanol–water partition coefficient (Wildman–Crippen LogP) is 2.02. The Balaban J connectivity index is 2.27. The Bertz CT molecular complexity index is 502.